The van der Waals surface area contributed by atoms with E-state index in [1.807, 2.05) is 0 Å². The van der Waals surface area contributed by atoms with Crippen molar-refractivity contribution in [3.05, 3.63) is 110 Å². The van der Waals surface area contributed by atoms with Crippen LogP contribution in [0.3, 0.4) is 0 Å². The van der Waals surface area contributed by atoms with Crippen molar-refractivity contribution in [2.24, 2.45) is 5.92 Å². The van der Waals surface area contributed by atoms with Crippen molar-refractivity contribution in [3.63, 3.8) is 0 Å². The molecular formula is C27H24ClFN4O5. The second-order valence-corrected chi connectivity index (χ2v) is 9.11. The number of pyridine rings is 1. The molecule has 0 aliphatic rings. The van der Waals surface area contributed by atoms with Crippen LogP contribution in [0.5, 0.6) is 11.5 Å². The third-order valence-electron chi connectivity index (χ3n) is 5.73. The van der Waals surface area contributed by atoms with E-state index in [9.17, 15) is 23.9 Å². The van der Waals surface area contributed by atoms with Gasteiger partial charge in [-0.15, -0.1) is 0 Å². The number of hydrogen-bond acceptors (Lipinski definition) is 6. The van der Waals surface area contributed by atoms with Gasteiger partial charge >= 0.3 is 11.7 Å². The average molecular weight is 539 g/mol. The van der Waals surface area contributed by atoms with E-state index in [0.29, 0.717) is 28.0 Å². The van der Waals surface area contributed by atoms with Gasteiger partial charge in [0.2, 0.25) is 0 Å². The van der Waals surface area contributed by atoms with Crippen LogP contribution < -0.4 is 21.3 Å². The fraction of sp³-hybridized carbons (Fsp3) is 0.185. The molecule has 0 aliphatic carbocycles. The molecule has 2 N–H and O–H groups in total. The molecule has 196 valence electrons. The Hall–Kier alpha value is -4.44. The van der Waals surface area contributed by atoms with Crippen LogP contribution in [-0.2, 0) is 17.9 Å². The highest BCUT2D eigenvalue weighted by molar-refractivity contribution is 6.30. The fourth-order valence-electron chi connectivity index (χ4n) is 3.68. The molecule has 0 radical (unpaired) electrons. The molecule has 0 spiro atoms. The number of nitrogens with zero attached hydrogens (tertiary/aromatic N) is 3. The molecule has 0 fully saturated rings. The Kier molecular flexibility index (Phi) is 7.92. The lowest BCUT2D eigenvalue weighted by Gasteiger charge is -2.18. The monoisotopic (exact) mass is 538 g/mol. The zero-order valence-electron chi connectivity index (χ0n) is 20.5. The van der Waals surface area contributed by atoms with Crippen molar-refractivity contribution in [2.45, 2.75) is 26.9 Å². The predicted molar refractivity (Wildman–Crippen MR) is 141 cm³/mol. The number of carbonyl (C=O) groups is 1. The van der Waals surface area contributed by atoms with Crippen molar-refractivity contribution in [1.29, 1.82) is 0 Å². The lowest BCUT2D eigenvalue weighted by molar-refractivity contribution is -0.141. The number of hydrogen-bond donors (Lipinski definition) is 2. The van der Waals surface area contributed by atoms with Crippen molar-refractivity contribution < 1.29 is 19.0 Å². The number of benzene rings is 2. The lowest BCUT2D eigenvalue weighted by Crippen LogP contribution is -2.42. The van der Waals surface area contributed by atoms with Gasteiger partial charge < -0.3 is 15.2 Å². The number of halogens is 2. The molecule has 1 atom stereocenters. The third-order valence-corrected chi connectivity index (χ3v) is 5.98. The van der Waals surface area contributed by atoms with Crippen LogP contribution in [-0.4, -0.2) is 25.2 Å². The molecule has 0 aliphatic heterocycles. The fourth-order valence-corrected chi connectivity index (χ4v) is 3.81. The van der Waals surface area contributed by atoms with Gasteiger partial charge in [0, 0.05) is 23.7 Å². The number of rotatable bonds is 9. The van der Waals surface area contributed by atoms with Crippen molar-refractivity contribution in [2.75, 3.05) is 5.32 Å². The second-order valence-electron chi connectivity index (χ2n) is 8.68. The van der Waals surface area contributed by atoms with E-state index in [2.05, 4.69) is 10.3 Å². The molecule has 0 amide bonds. The molecule has 2 aromatic carbocycles. The van der Waals surface area contributed by atoms with Gasteiger partial charge in [0.05, 0.1) is 18.2 Å². The van der Waals surface area contributed by atoms with E-state index in [1.54, 1.807) is 49.4 Å². The molecule has 0 saturated heterocycles. The van der Waals surface area contributed by atoms with Crippen LogP contribution in [0.1, 0.15) is 18.2 Å². The normalized spacial score (nSPS) is 11.7. The number of carboxylic acids is 1. The number of nitrogens with one attached hydrogen (secondary N) is 1. The van der Waals surface area contributed by atoms with Crippen LogP contribution in [0.15, 0.2) is 76.3 Å². The Morgan fingerprint density at radius 3 is 2.50 bits per heavy atom. The number of ether oxygens (including phenoxy) is 1. The van der Waals surface area contributed by atoms with Gasteiger partial charge in [0.25, 0.3) is 5.56 Å². The SMILES string of the molecule is Cc1nc(Nc2cc(=O)n(C[C@H](C)C(=O)O)c(=O)n2Cc2ccc(Cl)cc2)ccc1Oc1cccc(F)c1. The maximum Gasteiger partial charge on any atom is 0.332 e. The van der Waals surface area contributed by atoms with E-state index in [0.717, 1.165) is 10.1 Å². The first-order chi connectivity index (χ1) is 18.1. The highest BCUT2D eigenvalue weighted by Gasteiger charge is 2.18. The summed E-state index contributed by atoms with van der Waals surface area (Å²) in [5, 5.41) is 12.8. The molecule has 2 aromatic heterocycles. The van der Waals surface area contributed by atoms with E-state index in [-0.39, 0.29) is 18.9 Å². The highest BCUT2D eigenvalue weighted by atomic mass is 35.5. The van der Waals surface area contributed by atoms with E-state index in [4.69, 9.17) is 16.3 Å². The van der Waals surface area contributed by atoms with Crippen LogP contribution in [0, 0.1) is 18.7 Å². The molecule has 9 nitrogen and oxygen atoms in total. The van der Waals surface area contributed by atoms with Crippen LogP contribution in [0.25, 0.3) is 0 Å². The molecule has 4 rings (SSSR count). The van der Waals surface area contributed by atoms with Crippen LogP contribution in [0.2, 0.25) is 5.02 Å². The quantitative estimate of drug-likeness (QED) is 0.314. The summed E-state index contributed by atoms with van der Waals surface area (Å²) in [6.07, 6.45) is 0. The minimum absolute atomic E-state index is 0.0832. The molecule has 4 aromatic rings. The van der Waals surface area contributed by atoms with Gasteiger partial charge in [-0.1, -0.05) is 36.7 Å². The number of aliphatic carboxylic acids is 1. The Balaban J connectivity index is 1.69. The maximum absolute atomic E-state index is 13.5. The summed E-state index contributed by atoms with van der Waals surface area (Å²) in [5.74, 6) is -1.29. The summed E-state index contributed by atoms with van der Waals surface area (Å²) in [4.78, 5) is 42.0. The third kappa shape index (κ3) is 6.27. The Bertz CT molecular complexity index is 1600. The molecule has 0 bridgehead atoms. The summed E-state index contributed by atoms with van der Waals surface area (Å²) < 4.78 is 21.4. The molecule has 0 saturated carbocycles. The van der Waals surface area contributed by atoms with E-state index < -0.39 is 29.0 Å². The molecule has 11 heteroatoms. The number of anilines is 2. The summed E-state index contributed by atoms with van der Waals surface area (Å²) in [5.41, 5.74) is -0.111. The Morgan fingerprint density at radius 1 is 1.11 bits per heavy atom. The summed E-state index contributed by atoms with van der Waals surface area (Å²) in [7, 11) is 0. The maximum atomic E-state index is 13.5. The predicted octanol–water partition coefficient (Wildman–Crippen LogP) is 4.81. The smallest absolute Gasteiger partial charge is 0.332 e. The molecule has 38 heavy (non-hydrogen) atoms. The Morgan fingerprint density at radius 2 is 1.84 bits per heavy atom. The molecule has 0 unspecified atom stereocenters. The molecular weight excluding hydrogens is 515 g/mol. The first kappa shape index (κ1) is 26.6. The Labute approximate surface area is 221 Å². The van der Waals surface area contributed by atoms with Gasteiger partial charge in [-0.05, 0) is 48.9 Å². The second kappa shape index (κ2) is 11.3. The van der Waals surface area contributed by atoms with E-state index in [1.165, 1.54) is 35.8 Å². The first-order valence-corrected chi connectivity index (χ1v) is 12.0. The van der Waals surface area contributed by atoms with E-state index >= 15 is 0 Å². The topological polar surface area (TPSA) is 115 Å². The van der Waals surface area contributed by atoms with Crippen LogP contribution in [0.4, 0.5) is 16.0 Å². The van der Waals surface area contributed by atoms with Gasteiger partial charge in [0.15, 0.2) is 0 Å². The summed E-state index contributed by atoms with van der Waals surface area (Å²) >= 11 is 5.98. The van der Waals surface area contributed by atoms with Crippen molar-refractivity contribution in [1.82, 2.24) is 14.1 Å². The highest BCUT2D eigenvalue weighted by Crippen LogP contribution is 2.26. The number of aromatic nitrogens is 3. The first-order valence-electron chi connectivity index (χ1n) is 11.6. The van der Waals surface area contributed by atoms with Gasteiger partial charge in [-0.3, -0.25) is 18.7 Å². The molecule has 2 heterocycles. The number of aryl methyl sites for hydroxylation is 1. The van der Waals surface area contributed by atoms with Gasteiger partial charge in [-0.2, -0.15) is 0 Å². The lowest BCUT2D eigenvalue weighted by atomic mass is 10.2. The number of carboxylic acid groups (broad SMARTS) is 1. The zero-order chi connectivity index (χ0) is 27.4. The largest absolute Gasteiger partial charge is 0.481 e. The van der Waals surface area contributed by atoms with Crippen molar-refractivity contribution >= 4 is 29.2 Å². The van der Waals surface area contributed by atoms with Gasteiger partial charge in [0.1, 0.15) is 29.0 Å². The average Bonchev–Trinajstić information content (AvgIpc) is 2.87. The standard InChI is InChI=1S/C27H24ClFN4O5/c1-16(26(35)36)14-33-25(34)13-24(32(27(33)37)15-18-6-8-19(28)9-7-18)31-23-11-10-22(17(2)30-23)38-21-5-3-4-20(29)12-21/h3-13,16H,14-15H2,1-2H3,(H,30,31)(H,35,36)/t16-/m0/s1. The minimum atomic E-state index is -1.12. The minimum Gasteiger partial charge on any atom is -0.481 e. The summed E-state index contributed by atoms with van der Waals surface area (Å²) in [6.45, 7) is 2.92. The van der Waals surface area contributed by atoms with Crippen LogP contribution >= 0.6 is 11.6 Å². The summed E-state index contributed by atoms with van der Waals surface area (Å²) in [6, 6.07) is 17.0. The zero-order valence-corrected chi connectivity index (χ0v) is 21.3. The van der Waals surface area contributed by atoms with Gasteiger partial charge in [-0.25, -0.2) is 14.2 Å². The van der Waals surface area contributed by atoms with Crippen molar-refractivity contribution in [3.8, 4) is 11.5 Å².